The standard InChI is InChI=1S/C18H32OSi/c1-6-15-20(4,5)19-18(14-10-11-16(2)3)17-12-8-7-9-13-17/h6,16-18H,1,7-9,11-13,15H2,2-5H3. The van der Waals surface area contributed by atoms with Gasteiger partial charge in [0.25, 0.3) is 0 Å². The number of hydrogen-bond donors (Lipinski definition) is 0. The second-order valence-corrected chi connectivity index (χ2v) is 11.3. The summed E-state index contributed by atoms with van der Waals surface area (Å²) >= 11 is 0. The molecule has 1 aliphatic rings. The molecular formula is C18H32OSi. The minimum atomic E-state index is -1.65. The van der Waals surface area contributed by atoms with Crippen molar-refractivity contribution in [1.82, 2.24) is 0 Å². The lowest BCUT2D eigenvalue weighted by Gasteiger charge is -2.33. The van der Waals surface area contributed by atoms with Crippen LogP contribution >= 0.6 is 0 Å². The molecule has 1 unspecified atom stereocenters. The molecule has 0 saturated heterocycles. The van der Waals surface area contributed by atoms with Crippen LogP contribution in [-0.2, 0) is 4.43 Å². The zero-order valence-electron chi connectivity index (χ0n) is 13.9. The lowest BCUT2D eigenvalue weighted by atomic mass is 9.85. The Balaban J connectivity index is 2.71. The van der Waals surface area contributed by atoms with Crippen LogP contribution in [0.2, 0.25) is 19.1 Å². The topological polar surface area (TPSA) is 9.23 Å². The normalized spacial score (nSPS) is 18.4. The molecule has 114 valence electrons. The van der Waals surface area contributed by atoms with Crippen molar-refractivity contribution in [3.8, 4) is 11.8 Å². The van der Waals surface area contributed by atoms with Crippen molar-refractivity contribution in [2.75, 3.05) is 0 Å². The Labute approximate surface area is 127 Å². The van der Waals surface area contributed by atoms with E-state index in [0.717, 1.165) is 12.5 Å². The van der Waals surface area contributed by atoms with Crippen molar-refractivity contribution < 1.29 is 4.43 Å². The second kappa shape index (κ2) is 8.69. The zero-order chi connectivity index (χ0) is 15.0. The Bertz CT molecular complexity index is 342. The molecule has 0 N–H and O–H groups in total. The fraction of sp³-hybridized carbons (Fsp3) is 0.778. The molecule has 0 heterocycles. The first-order valence-electron chi connectivity index (χ1n) is 8.21. The van der Waals surface area contributed by atoms with E-state index in [1.54, 1.807) is 0 Å². The maximum atomic E-state index is 6.49. The summed E-state index contributed by atoms with van der Waals surface area (Å²) in [6, 6.07) is 1.02. The Morgan fingerprint density at radius 1 is 1.25 bits per heavy atom. The van der Waals surface area contributed by atoms with Gasteiger partial charge in [0.1, 0.15) is 6.10 Å². The molecule has 0 bridgehead atoms. The minimum Gasteiger partial charge on any atom is -0.403 e. The highest BCUT2D eigenvalue weighted by molar-refractivity contribution is 6.71. The highest BCUT2D eigenvalue weighted by Gasteiger charge is 2.30. The average Bonchev–Trinajstić information content (AvgIpc) is 2.38. The summed E-state index contributed by atoms with van der Waals surface area (Å²) < 4.78 is 6.49. The summed E-state index contributed by atoms with van der Waals surface area (Å²) in [5, 5.41) is 0. The first-order valence-corrected chi connectivity index (χ1v) is 11.3. The van der Waals surface area contributed by atoms with Gasteiger partial charge in [0, 0.05) is 6.42 Å². The third-order valence-corrected chi connectivity index (χ3v) is 6.08. The monoisotopic (exact) mass is 292 g/mol. The van der Waals surface area contributed by atoms with E-state index in [2.05, 4.69) is 45.4 Å². The Morgan fingerprint density at radius 3 is 2.45 bits per heavy atom. The smallest absolute Gasteiger partial charge is 0.192 e. The molecule has 2 heteroatoms. The molecule has 0 amide bonds. The van der Waals surface area contributed by atoms with Crippen LogP contribution in [-0.4, -0.2) is 14.4 Å². The largest absolute Gasteiger partial charge is 0.403 e. The van der Waals surface area contributed by atoms with Crippen molar-refractivity contribution in [2.45, 2.75) is 77.6 Å². The Kier molecular flexibility index (Phi) is 7.62. The maximum absolute atomic E-state index is 6.49. The van der Waals surface area contributed by atoms with Crippen molar-refractivity contribution in [1.29, 1.82) is 0 Å². The summed E-state index contributed by atoms with van der Waals surface area (Å²) in [5.41, 5.74) is 0. The molecule has 1 rings (SSSR count). The first-order chi connectivity index (χ1) is 9.44. The second-order valence-electron chi connectivity index (χ2n) is 7.11. The minimum absolute atomic E-state index is 0.163. The summed E-state index contributed by atoms with van der Waals surface area (Å²) in [4.78, 5) is 0. The predicted molar refractivity (Wildman–Crippen MR) is 91.2 cm³/mol. The van der Waals surface area contributed by atoms with Crippen LogP contribution in [0.3, 0.4) is 0 Å². The maximum Gasteiger partial charge on any atom is 0.192 e. The lowest BCUT2D eigenvalue weighted by molar-refractivity contribution is 0.147. The van der Waals surface area contributed by atoms with E-state index < -0.39 is 8.32 Å². The van der Waals surface area contributed by atoms with E-state index in [4.69, 9.17) is 4.43 Å². The van der Waals surface area contributed by atoms with Crippen LogP contribution in [0, 0.1) is 23.7 Å². The van der Waals surface area contributed by atoms with Crippen LogP contribution in [0.5, 0.6) is 0 Å². The van der Waals surface area contributed by atoms with Crippen molar-refractivity contribution in [3.63, 3.8) is 0 Å². The molecule has 1 aliphatic carbocycles. The summed E-state index contributed by atoms with van der Waals surface area (Å²) in [5.74, 6) is 8.13. The van der Waals surface area contributed by atoms with Crippen LogP contribution in [0.15, 0.2) is 12.7 Å². The van der Waals surface area contributed by atoms with E-state index in [-0.39, 0.29) is 6.10 Å². The fourth-order valence-electron chi connectivity index (χ4n) is 2.78. The molecule has 0 aliphatic heterocycles. The lowest BCUT2D eigenvalue weighted by Crippen LogP contribution is -2.38. The van der Waals surface area contributed by atoms with Gasteiger partial charge in [0.05, 0.1) is 0 Å². The highest BCUT2D eigenvalue weighted by atomic mass is 28.4. The third-order valence-electron chi connectivity index (χ3n) is 3.91. The zero-order valence-corrected chi connectivity index (χ0v) is 14.9. The molecular weight excluding hydrogens is 260 g/mol. The van der Waals surface area contributed by atoms with Gasteiger partial charge in [-0.15, -0.1) is 12.5 Å². The Hall–Kier alpha value is -0.523. The molecule has 0 aromatic carbocycles. The van der Waals surface area contributed by atoms with Gasteiger partial charge in [-0.2, -0.15) is 0 Å². The van der Waals surface area contributed by atoms with Crippen LogP contribution in [0.25, 0.3) is 0 Å². The van der Waals surface area contributed by atoms with Crippen molar-refractivity contribution in [3.05, 3.63) is 12.7 Å². The molecule has 0 spiro atoms. The SMILES string of the molecule is C=CC[Si](C)(C)OC(C#CCC(C)C)C1CCCCC1. The number of rotatable bonds is 6. The number of hydrogen-bond acceptors (Lipinski definition) is 1. The van der Waals surface area contributed by atoms with Gasteiger partial charge in [-0.1, -0.05) is 45.1 Å². The predicted octanol–water partition coefficient (Wildman–Crippen LogP) is 5.39. The molecule has 1 nitrogen and oxygen atoms in total. The van der Waals surface area contributed by atoms with E-state index in [1.165, 1.54) is 32.1 Å². The van der Waals surface area contributed by atoms with Crippen LogP contribution in [0.1, 0.15) is 52.4 Å². The summed E-state index contributed by atoms with van der Waals surface area (Å²) in [7, 11) is -1.65. The first kappa shape index (κ1) is 17.5. The molecule has 20 heavy (non-hydrogen) atoms. The van der Waals surface area contributed by atoms with Crippen molar-refractivity contribution >= 4 is 8.32 Å². The van der Waals surface area contributed by atoms with Crippen LogP contribution < -0.4 is 0 Å². The fourth-order valence-corrected chi connectivity index (χ4v) is 4.51. The van der Waals surface area contributed by atoms with Crippen LogP contribution in [0.4, 0.5) is 0 Å². The summed E-state index contributed by atoms with van der Waals surface area (Å²) in [6.45, 7) is 12.9. The Morgan fingerprint density at radius 2 is 1.90 bits per heavy atom. The van der Waals surface area contributed by atoms with E-state index in [9.17, 15) is 0 Å². The van der Waals surface area contributed by atoms with Gasteiger partial charge in [0.2, 0.25) is 0 Å². The molecule has 0 radical (unpaired) electrons. The van der Waals surface area contributed by atoms with Gasteiger partial charge in [-0.3, -0.25) is 0 Å². The molecule has 1 saturated carbocycles. The van der Waals surface area contributed by atoms with E-state index in [0.29, 0.717) is 11.8 Å². The van der Waals surface area contributed by atoms with Gasteiger partial charge >= 0.3 is 0 Å². The average molecular weight is 293 g/mol. The van der Waals surface area contributed by atoms with Crippen molar-refractivity contribution in [2.24, 2.45) is 11.8 Å². The third kappa shape index (κ3) is 6.77. The van der Waals surface area contributed by atoms with Gasteiger partial charge in [0.15, 0.2) is 8.32 Å². The molecule has 0 aromatic heterocycles. The molecule has 1 atom stereocenters. The van der Waals surface area contributed by atoms with E-state index >= 15 is 0 Å². The molecule has 1 fully saturated rings. The number of allylic oxidation sites excluding steroid dienone is 1. The van der Waals surface area contributed by atoms with E-state index in [1.807, 2.05) is 6.08 Å². The summed E-state index contributed by atoms with van der Waals surface area (Å²) in [6.07, 6.45) is 9.81. The quantitative estimate of drug-likeness (QED) is 0.362. The van der Waals surface area contributed by atoms with Gasteiger partial charge in [-0.05, 0) is 43.8 Å². The van der Waals surface area contributed by atoms with Gasteiger partial charge in [-0.25, -0.2) is 0 Å². The highest BCUT2D eigenvalue weighted by Crippen LogP contribution is 2.30. The molecule has 0 aromatic rings. The van der Waals surface area contributed by atoms with Gasteiger partial charge < -0.3 is 4.43 Å².